The highest BCUT2D eigenvalue weighted by atomic mass is 35.5. The van der Waals surface area contributed by atoms with Crippen molar-refractivity contribution in [2.24, 2.45) is 0 Å². The summed E-state index contributed by atoms with van der Waals surface area (Å²) in [6, 6.07) is 7.24. The zero-order valence-corrected chi connectivity index (χ0v) is 19.2. The number of amides is 1. The van der Waals surface area contributed by atoms with Crippen LogP contribution in [0.3, 0.4) is 0 Å². The van der Waals surface area contributed by atoms with Crippen LogP contribution in [0.5, 0.6) is 11.5 Å². The van der Waals surface area contributed by atoms with E-state index in [4.69, 9.17) is 44.3 Å². The first-order valence-corrected chi connectivity index (χ1v) is 10.1. The third-order valence-electron chi connectivity index (χ3n) is 4.20. The molecule has 0 fully saturated rings. The largest absolute Gasteiger partial charge is 0.495 e. The summed E-state index contributed by atoms with van der Waals surface area (Å²) in [6.45, 7) is 0. The van der Waals surface area contributed by atoms with Gasteiger partial charge in [0.15, 0.2) is 0 Å². The lowest BCUT2D eigenvalue weighted by atomic mass is 10.2. The molecule has 2 aromatic carbocycles. The molecule has 0 bridgehead atoms. The first-order valence-electron chi connectivity index (χ1n) is 8.94. The second kappa shape index (κ2) is 10.4. The van der Waals surface area contributed by atoms with Crippen molar-refractivity contribution in [2.45, 2.75) is 0 Å². The van der Waals surface area contributed by atoms with Gasteiger partial charge in [0.2, 0.25) is 11.6 Å². The fourth-order valence-electron chi connectivity index (χ4n) is 2.68. The molecule has 0 saturated heterocycles. The van der Waals surface area contributed by atoms with Crippen LogP contribution in [0.1, 0.15) is 10.4 Å². The van der Waals surface area contributed by atoms with E-state index in [2.05, 4.69) is 26.1 Å². The quantitative estimate of drug-likeness (QED) is 0.284. The Balaban J connectivity index is 1.90. The number of ether oxygens (including phenoxy) is 2. The van der Waals surface area contributed by atoms with Gasteiger partial charge in [0.05, 0.1) is 40.4 Å². The normalized spacial score (nSPS) is 10.3. The summed E-state index contributed by atoms with van der Waals surface area (Å²) in [4.78, 5) is 31.2. The summed E-state index contributed by atoms with van der Waals surface area (Å²) >= 11 is 18.0. The minimum absolute atomic E-state index is 0.0984. The van der Waals surface area contributed by atoms with Gasteiger partial charge in [0, 0.05) is 11.1 Å². The van der Waals surface area contributed by atoms with Gasteiger partial charge in [-0.1, -0.05) is 34.8 Å². The first kappa shape index (κ1) is 24.1. The average molecular weight is 514 g/mol. The molecular formula is C19H15Cl3N6O5. The molecular weight excluding hydrogens is 499 g/mol. The van der Waals surface area contributed by atoms with Crippen LogP contribution in [-0.2, 0) is 0 Å². The van der Waals surface area contributed by atoms with Gasteiger partial charge in [-0.2, -0.15) is 0 Å². The number of carbonyl (C=O) groups excluding carboxylic acids is 1. The number of rotatable bonds is 8. The molecule has 0 atom stereocenters. The van der Waals surface area contributed by atoms with Gasteiger partial charge < -0.3 is 14.8 Å². The highest BCUT2D eigenvalue weighted by Gasteiger charge is 2.25. The lowest BCUT2D eigenvalue weighted by Gasteiger charge is -2.14. The van der Waals surface area contributed by atoms with Crippen LogP contribution in [0.15, 0.2) is 36.7 Å². The highest BCUT2D eigenvalue weighted by Crippen LogP contribution is 2.39. The van der Waals surface area contributed by atoms with E-state index in [1.165, 1.54) is 44.6 Å². The van der Waals surface area contributed by atoms with E-state index in [0.717, 1.165) is 6.33 Å². The monoisotopic (exact) mass is 512 g/mol. The molecule has 33 heavy (non-hydrogen) atoms. The molecule has 0 spiro atoms. The number of aromatic nitrogens is 2. The van der Waals surface area contributed by atoms with Gasteiger partial charge in [-0.05, 0) is 24.3 Å². The van der Waals surface area contributed by atoms with E-state index in [-0.39, 0.29) is 32.9 Å². The van der Waals surface area contributed by atoms with Gasteiger partial charge in [-0.25, -0.2) is 9.97 Å². The van der Waals surface area contributed by atoms with Crippen LogP contribution in [-0.4, -0.2) is 35.0 Å². The molecule has 1 aromatic heterocycles. The maximum atomic E-state index is 12.4. The fourth-order valence-corrected chi connectivity index (χ4v) is 3.41. The van der Waals surface area contributed by atoms with Gasteiger partial charge >= 0.3 is 5.69 Å². The Kier molecular flexibility index (Phi) is 7.59. The standard InChI is InChI=1S/C19H15Cl3N6O5/c1-32-14-7-15(33-2)13(6-12(14)22)25-17-16(28(30)31)18(24-8-23-17)26-27-19(29)10-4-3-9(20)5-11(10)21/h3-8H,1-2H3,(H,27,29)(H2,23,24,25,26). The second-order valence-electron chi connectivity index (χ2n) is 6.19. The Morgan fingerprint density at radius 1 is 1.00 bits per heavy atom. The van der Waals surface area contributed by atoms with Crippen LogP contribution in [0, 0.1) is 10.1 Å². The van der Waals surface area contributed by atoms with Crippen molar-refractivity contribution >= 4 is 63.7 Å². The topological polar surface area (TPSA) is 141 Å². The zero-order valence-electron chi connectivity index (χ0n) is 17.0. The Morgan fingerprint density at radius 3 is 2.33 bits per heavy atom. The number of hydrazine groups is 1. The number of hydrogen-bond donors (Lipinski definition) is 3. The smallest absolute Gasteiger partial charge is 0.355 e. The van der Waals surface area contributed by atoms with E-state index in [0.29, 0.717) is 16.5 Å². The van der Waals surface area contributed by atoms with Crippen molar-refractivity contribution in [2.75, 3.05) is 25.0 Å². The van der Waals surface area contributed by atoms with E-state index >= 15 is 0 Å². The van der Waals surface area contributed by atoms with E-state index in [1.807, 2.05) is 0 Å². The summed E-state index contributed by atoms with van der Waals surface area (Å²) < 4.78 is 10.4. The van der Waals surface area contributed by atoms with Gasteiger partial charge in [-0.15, -0.1) is 0 Å². The van der Waals surface area contributed by atoms with Crippen molar-refractivity contribution in [3.05, 3.63) is 67.4 Å². The Morgan fingerprint density at radius 2 is 1.70 bits per heavy atom. The molecule has 0 saturated carbocycles. The van der Waals surface area contributed by atoms with Crippen molar-refractivity contribution < 1.29 is 19.2 Å². The second-order valence-corrected chi connectivity index (χ2v) is 7.44. The maximum absolute atomic E-state index is 12.4. The van der Waals surface area contributed by atoms with Crippen molar-refractivity contribution in [1.29, 1.82) is 0 Å². The number of hydrogen-bond acceptors (Lipinski definition) is 9. The highest BCUT2D eigenvalue weighted by molar-refractivity contribution is 6.36. The van der Waals surface area contributed by atoms with Gasteiger partial charge in [-0.3, -0.25) is 25.8 Å². The molecule has 0 unspecified atom stereocenters. The third-order valence-corrected chi connectivity index (χ3v) is 5.05. The third kappa shape index (κ3) is 5.45. The molecule has 3 rings (SSSR count). The Bertz CT molecular complexity index is 1230. The number of benzene rings is 2. The fraction of sp³-hybridized carbons (Fsp3) is 0.105. The minimum Gasteiger partial charge on any atom is -0.495 e. The van der Waals surface area contributed by atoms with E-state index in [9.17, 15) is 14.9 Å². The molecule has 1 amide bonds. The molecule has 11 nitrogen and oxygen atoms in total. The maximum Gasteiger partial charge on any atom is 0.355 e. The number of methoxy groups -OCH3 is 2. The molecule has 0 aliphatic rings. The van der Waals surface area contributed by atoms with Crippen LogP contribution in [0.4, 0.5) is 23.0 Å². The minimum atomic E-state index is -0.719. The van der Waals surface area contributed by atoms with E-state index in [1.54, 1.807) is 0 Å². The molecule has 0 radical (unpaired) electrons. The summed E-state index contributed by atoms with van der Waals surface area (Å²) in [5.41, 5.74) is 4.56. The van der Waals surface area contributed by atoms with Crippen LogP contribution in [0.25, 0.3) is 0 Å². The SMILES string of the molecule is COc1cc(OC)c(Nc2ncnc(NNC(=O)c3ccc(Cl)cc3Cl)c2[N+](=O)[O-])cc1Cl. The van der Waals surface area contributed by atoms with Crippen molar-refractivity contribution in [1.82, 2.24) is 15.4 Å². The Hall–Kier alpha value is -3.54. The van der Waals surface area contributed by atoms with Gasteiger partial charge in [0.1, 0.15) is 17.8 Å². The van der Waals surface area contributed by atoms with E-state index < -0.39 is 16.5 Å². The molecule has 3 aromatic rings. The predicted octanol–water partition coefficient (Wildman–Crippen LogP) is 4.86. The summed E-state index contributed by atoms with van der Waals surface area (Å²) in [5.74, 6) is -0.487. The average Bonchev–Trinajstić information content (AvgIpc) is 2.77. The first-order chi connectivity index (χ1) is 15.7. The number of nitrogens with zero attached hydrogens (tertiary/aromatic N) is 3. The summed E-state index contributed by atoms with van der Waals surface area (Å²) in [5, 5.41) is 15.3. The molecule has 14 heteroatoms. The lowest BCUT2D eigenvalue weighted by Crippen LogP contribution is -2.30. The molecule has 0 aliphatic carbocycles. The number of nitrogens with one attached hydrogen (secondary N) is 3. The molecule has 3 N–H and O–H groups in total. The number of carbonyl (C=O) groups is 1. The molecule has 172 valence electrons. The predicted molar refractivity (Wildman–Crippen MR) is 124 cm³/mol. The summed E-state index contributed by atoms with van der Waals surface area (Å²) in [6.07, 6.45) is 1.07. The number of anilines is 3. The zero-order chi connectivity index (χ0) is 24.1. The van der Waals surface area contributed by atoms with Crippen molar-refractivity contribution in [3.8, 4) is 11.5 Å². The van der Waals surface area contributed by atoms with Crippen LogP contribution < -0.4 is 25.6 Å². The molecule has 0 aliphatic heterocycles. The Labute approximate surface area is 202 Å². The van der Waals surface area contributed by atoms with Crippen LogP contribution >= 0.6 is 34.8 Å². The lowest BCUT2D eigenvalue weighted by molar-refractivity contribution is -0.383. The number of nitro groups is 1. The number of halogens is 3. The van der Waals surface area contributed by atoms with Crippen LogP contribution in [0.2, 0.25) is 15.1 Å². The van der Waals surface area contributed by atoms with Crippen molar-refractivity contribution in [3.63, 3.8) is 0 Å². The molecule has 1 heterocycles. The van der Waals surface area contributed by atoms with Gasteiger partial charge in [0.25, 0.3) is 5.91 Å². The summed E-state index contributed by atoms with van der Waals surface area (Å²) in [7, 11) is 2.85.